The first kappa shape index (κ1) is 13.6. The van der Waals surface area contributed by atoms with E-state index in [-0.39, 0.29) is 11.2 Å². The lowest BCUT2D eigenvalue weighted by Crippen LogP contribution is -2.34. The third-order valence-electron chi connectivity index (χ3n) is 2.70. The van der Waals surface area contributed by atoms with Gasteiger partial charge < -0.3 is 9.73 Å². The monoisotopic (exact) mass is 264 g/mol. The Kier molecular flexibility index (Phi) is 3.61. The van der Waals surface area contributed by atoms with Gasteiger partial charge in [-0.15, -0.1) is 0 Å². The van der Waals surface area contributed by atoms with Crippen LogP contribution in [0.25, 0.3) is 0 Å². The van der Waals surface area contributed by atoms with Crippen LogP contribution in [0.2, 0.25) is 0 Å². The van der Waals surface area contributed by atoms with Crippen LogP contribution >= 0.6 is 0 Å². The van der Waals surface area contributed by atoms with Crippen LogP contribution in [-0.4, -0.2) is 19.9 Å². The lowest BCUT2D eigenvalue weighted by molar-refractivity contribution is 0.373. The second kappa shape index (κ2) is 5.05. The van der Waals surface area contributed by atoms with Crippen molar-refractivity contribution < 1.29 is 4.42 Å². The zero-order valence-corrected chi connectivity index (χ0v) is 11.8. The van der Waals surface area contributed by atoms with Crippen LogP contribution in [0.5, 0.6) is 0 Å². The molecule has 0 aliphatic heterocycles. The van der Waals surface area contributed by atoms with Gasteiger partial charge in [0.05, 0.1) is 6.54 Å². The van der Waals surface area contributed by atoms with Gasteiger partial charge >= 0.3 is 5.69 Å². The standard InChI is InChI=1S/C13H20N4O2/c1-13(2,3)14-7-10-5-6-11(19-10)8-17-12(18)16(4)9-15-17/h5-6,9,14H,7-8H2,1-4H3. The molecular formula is C13H20N4O2. The van der Waals surface area contributed by atoms with Crippen LogP contribution in [0, 0.1) is 0 Å². The highest BCUT2D eigenvalue weighted by molar-refractivity contribution is 5.07. The number of hydrogen-bond acceptors (Lipinski definition) is 4. The van der Waals surface area contributed by atoms with Crippen molar-refractivity contribution in [3.63, 3.8) is 0 Å². The Morgan fingerprint density at radius 1 is 1.32 bits per heavy atom. The molecule has 0 aliphatic carbocycles. The minimum Gasteiger partial charge on any atom is -0.463 e. The van der Waals surface area contributed by atoms with E-state index in [4.69, 9.17) is 4.42 Å². The summed E-state index contributed by atoms with van der Waals surface area (Å²) in [5.74, 6) is 1.58. The summed E-state index contributed by atoms with van der Waals surface area (Å²) < 4.78 is 8.49. The average molecular weight is 264 g/mol. The quantitative estimate of drug-likeness (QED) is 0.898. The van der Waals surface area contributed by atoms with Gasteiger partial charge in [0.15, 0.2) is 0 Å². The lowest BCUT2D eigenvalue weighted by atomic mass is 10.1. The van der Waals surface area contributed by atoms with Crippen molar-refractivity contribution in [3.8, 4) is 0 Å². The van der Waals surface area contributed by atoms with Crippen molar-refractivity contribution in [1.82, 2.24) is 19.7 Å². The first-order valence-corrected chi connectivity index (χ1v) is 6.26. The fourth-order valence-electron chi connectivity index (χ4n) is 1.63. The molecule has 0 atom stereocenters. The Balaban J connectivity index is 2.02. The predicted molar refractivity (Wildman–Crippen MR) is 71.9 cm³/mol. The molecule has 6 nitrogen and oxygen atoms in total. The van der Waals surface area contributed by atoms with E-state index in [1.54, 1.807) is 7.05 Å². The number of hydrogen-bond donors (Lipinski definition) is 1. The minimum absolute atomic E-state index is 0.0465. The van der Waals surface area contributed by atoms with E-state index in [0.29, 0.717) is 13.1 Å². The summed E-state index contributed by atoms with van der Waals surface area (Å²) in [6, 6.07) is 3.79. The zero-order chi connectivity index (χ0) is 14.0. The molecule has 2 heterocycles. The molecule has 6 heteroatoms. The number of aromatic nitrogens is 3. The number of aryl methyl sites for hydroxylation is 1. The van der Waals surface area contributed by atoms with E-state index < -0.39 is 0 Å². The SMILES string of the molecule is Cn1cnn(Cc2ccc(CNC(C)(C)C)o2)c1=O. The molecule has 0 saturated carbocycles. The fraction of sp³-hybridized carbons (Fsp3) is 0.538. The molecule has 0 aliphatic rings. The maximum atomic E-state index is 11.6. The summed E-state index contributed by atoms with van der Waals surface area (Å²) in [6.07, 6.45) is 1.49. The van der Waals surface area contributed by atoms with Crippen LogP contribution in [0.4, 0.5) is 0 Å². The predicted octanol–water partition coefficient (Wildman–Crippen LogP) is 1.11. The largest absolute Gasteiger partial charge is 0.463 e. The van der Waals surface area contributed by atoms with Gasteiger partial charge in [0.1, 0.15) is 24.4 Å². The fourth-order valence-corrected chi connectivity index (χ4v) is 1.63. The smallest absolute Gasteiger partial charge is 0.345 e. The maximum absolute atomic E-state index is 11.6. The molecule has 0 bridgehead atoms. The Morgan fingerprint density at radius 2 is 2.00 bits per heavy atom. The van der Waals surface area contributed by atoms with E-state index in [9.17, 15) is 4.79 Å². The van der Waals surface area contributed by atoms with Crippen LogP contribution < -0.4 is 11.0 Å². The van der Waals surface area contributed by atoms with Crippen molar-refractivity contribution in [2.45, 2.75) is 39.4 Å². The molecule has 104 valence electrons. The highest BCUT2D eigenvalue weighted by atomic mass is 16.3. The van der Waals surface area contributed by atoms with Gasteiger partial charge in [-0.05, 0) is 32.9 Å². The summed E-state index contributed by atoms with van der Waals surface area (Å²) in [4.78, 5) is 11.6. The summed E-state index contributed by atoms with van der Waals surface area (Å²) in [5, 5.41) is 7.35. The molecule has 2 aromatic rings. The molecule has 0 amide bonds. The molecule has 0 unspecified atom stereocenters. The van der Waals surface area contributed by atoms with Crippen LogP contribution in [0.1, 0.15) is 32.3 Å². The molecule has 0 radical (unpaired) electrons. The maximum Gasteiger partial charge on any atom is 0.345 e. The highest BCUT2D eigenvalue weighted by Crippen LogP contribution is 2.10. The molecule has 2 rings (SSSR count). The Labute approximate surface area is 112 Å². The van der Waals surface area contributed by atoms with Crippen LogP contribution in [0.15, 0.2) is 27.7 Å². The van der Waals surface area contributed by atoms with E-state index in [0.717, 1.165) is 11.5 Å². The Morgan fingerprint density at radius 3 is 2.58 bits per heavy atom. The van der Waals surface area contributed by atoms with Crippen LogP contribution in [-0.2, 0) is 20.1 Å². The average Bonchev–Trinajstić information content (AvgIpc) is 2.88. The minimum atomic E-state index is -0.147. The van der Waals surface area contributed by atoms with Gasteiger partial charge in [-0.25, -0.2) is 9.48 Å². The summed E-state index contributed by atoms with van der Waals surface area (Å²) >= 11 is 0. The summed E-state index contributed by atoms with van der Waals surface area (Å²) in [7, 11) is 1.67. The van der Waals surface area contributed by atoms with Gasteiger partial charge in [0, 0.05) is 12.6 Å². The molecular weight excluding hydrogens is 244 g/mol. The number of nitrogens with one attached hydrogen (secondary N) is 1. The molecule has 0 saturated heterocycles. The van der Waals surface area contributed by atoms with E-state index in [2.05, 4.69) is 31.2 Å². The van der Waals surface area contributed by atoms with Gasteiger partial charge in [0.2, 0.25) is 0 Å². The molecule has 0 spiro atoms. The number of furan rings is 1. The first-order chi connectivity index (χ1) is 8.85. The highest BCUT2D eigenvalue weighted by Gasteiger charge is 2.11. The van der Waals surface area contributed by atoms with Gasteiger partial charge in [0.25, 0.3) is 0 Å². The van der Waals surface area contributed by atoms with Crippen molar-refractivity contribution in [2.75, 3.05) is 0 Å². The number of rotatable bonds is 4. The molecule has 1 N–H and O–H groups in total. The molecule has 2 aromatic heterocycles. The third-order valence-corrected chi connectivity index (χ3v) is 2.70. The first-order valence-electron chi connectivity index (χ1n) is 6.26. The zero-order valence-electron chi connectivity index (χ0n) is 11.8. The molecule has 0 fully saturated rings. The van der Waals surface area contributed by atoms with Crippen molar-refractivity contribution >= 4 is 0 Å². The second-order valence-electron chi connectivity index (χ2n) is 5.65. The lowest BCUT2D eigenvalue weighted by Gasteiger charge is -2.19. The topological polar surface area (TPSA) is 65.0 Å². The van der Waals surface area contributed by atoms with E-state index >= 15 is 0 Å². The van der Waals surface area contributed by atoms with E-state index in [1.807, 2.05) is 12.1 Å². The van der Waals surface area contributed by atoms with E-state index in [1.165, 1.54) is 15.6 Å². The molecule has 0 aromatic carbocycles. The van der Waals surface area contributed by atoms with Crippen molar-refractivity contribution in [3.05, 3.63) is 40.5 Å². The van der Waals surface area contributed by atoms with Crippen LogP contribution in [0.3, 0.4) is 0 Å². The Bertz CT molecular complexity index is 601. The van der Waals surface area contributed by atoms with Gasteiger partial charge in [-0.2, -0.15) is 5.10 Å². The second-order valence-corrected chi connectivity index (χ2v) is 5.65. The Hall–Kier alpha value is -1.82. The summed E-state index contributed by atoms with van der Waals surface area (Å²) in [5.41, 5.74) is -0.101. The molecule has 19 heavy (non-hydrogen) atoms. The number of nitrogens with zero attached hydrogens (tertiary/aromatic N) is 3. The summed E-state index contributed by atoms with van der Waals surface area (Å²) in [6.45, 7) is 7.33. The third kappa shape index (κ3) is 3.57. The van der Waals surface area contributed by atoms with Gasteiger partial charge in [-0.1, -0.05) is 0 Å². The normalized spacial score (nSPS) is 12.0. The van der Waals surface area contributed by atoms with Crippen molar-refractivity contribution in [1.29, 1.82) is 0 Å². The van der Waals surface area contributed by atoms with Gasteiger partial charge in [-0.3, -0.25) is 4.57 Å². The van der Waals surface area contributed by atoms with Crippen molar-refractivity contribution in [2.24, 2.45) is 7.05 Å².